The predicted octanol–water partition coefficient (Wildman–Crippen LogP) is 0.0915. The lowest BCUT2D eigenvalue weighted by molar-refractivity contribution is -0.160. The molecule has 0 aliphatic rings. The molecule has 0 heterocycles. The largest absolute Gasteiger partial charge is 0.504 e. The number of hydrogen-bond donors (Lipinski definition) is 3. The molecule has 0 aliphatic carbocycles. The summed E-state index contributed by atoms with van der Waals surface area (Å²) < 4.78 is 29.6. The molecular formula is C15H22N2O7S. The Morgan fingerprint density at radius 1 is 1.28 bits per heavy atom. The Labute approximate surface area is 146 Å². The summed E-state index contributed by atoms with van der Waals surface area (Å²) in [7, 11) is -2.24. The lowest BCUT2D eigenvalue weighted by atomic mass is 10.1. The number of amides is 1. The molecule has 140 valence electrons. The molecule has 0 saturated heterocycles. The van der Waals surface area contributed by atoms with Crippen molar-refractivity contribution in [1.82, 2.24) is 10.2 Å². The van der Waals surface area contributed by atoms with Gasteiger partial charge in [-0.1, -0.05) is 19.9 Å². The SMILES string of the molecule is COc1cc(CC(=O)NOC(=O)C(NS(C)(=O)=O)C(C)C)ccc1O. The monoisotopic (exact) mass is 374 g/mol. The van der Waals surface area contributed by atoms with Crippen LogP contribution in [0.25, 0.3) is 0 Å². The van der Waals surface area contributed by atoms with E-state index in [9.17, 15) is 23.1 Å². The molecule has 1 amide bonds. The number of hydrogen-bond acceptors (Lipinski definition) is 7. The summed E-state index contributed by atoms with van der Waals surface area (Å²) in [5.74, 6) is -1.77. The number of carbonyl (C=O) groups excluding carboxylic acids is 2. The maximum absolute atomic E-state index is 11.9. The van der Waals surface area contributed by atoms with E-state index in [0.717, 1.165) is 6.26 Å². The van der Waals surface area contributed by atoms with Crippen LogP contribution in [0.15, 0.2) is 18.2 Å². The number of sulfonamides is 1. The highest BCUT2D eigenvalue weighted by molar-refractivity contribution is 7.88. The van der Waals surface area contributed by atoms with E-state index in [4.69, 9.17) is 4.74 Å². The smallest absolute Gasteiger partial charge is 0.350 e. The van der Waals surface area contributed by atoms with Gasteiger partial charge < -0.3 is 14.7 Å². The molecular weight excluding hydrogens is 352 g/mol. The van der Waals surface area contributed by atoms with Crippen molar-refractivity contribution in [3.05, 3.63) is 23.8 Å². The minimum atomic E-state index is -3.61. The standard InChI is InChI=1S/C15H22N2O7S/c1-9(2)14(17-25(4,21)22)15(20)24-16-13(19)8-10-5-6-11(18)12(7-10)23-3/h5-7,9,14,17-18H,8H2,1-4H3,(H,16,19). The van der Waals surface area contributed by atoms with Gasteiger partial charge in [0.25, 0.3) is 5.91 Å². The molecule has 1 aromatic carbocycles. The molecule has 0 radical (unpaired) electrons. The van der Waals surface area contributed by atoms with Gasteiger partial charge in [-0.3, -0.25) is 4.79 Å². The summed E-state index contributed by atoms with van der Waals surface area (Å²) in [5.41, 5.74) is 2.50. The van der Waals surface area contributed by atoms with Crippen molar-refractivity contribution in [1.29, 1.82) is 0 Å². The molecule has 0 aromatic heterocycles. The van der Waals surface area contributed by atoms with Crippen molar-refractivity contribution in [2.75, 3.05) is 13.4 Å². The molecule has 0 bridgehead atoms. The fourth-order valence-corrected chi connectivity index (χ4v) is 2.74. The zero-order valence-electron chi connectivity index (χ0n) is 14.4. The molecule has 1 unspecified atom stereocenters. The summed E-state index contributed by atoms with van der Waals surface area (Å²) in [6.45, 7) is 3.27. The molecule has 0 aliphatic heterocycles. The summed E-state index contributed by atoms with van der Waals surface area (Å²) in [6.07, 6.45) is 0.794. The Morgan fingerprint density at radius 2 is 1.92 bits per heavy atom. The second-order valence-electron chi connectivity index (χ2n) is 5.74. The second-order valence-corrected chi connectivity index (χ2v) is 7.52. The molecule has 0 saturated carbocycles. The van der Waals surface area contributed by atoms with E-state index in [-0.39, 0.29) is 23.8 Å². The maximum Gasteiger partial charge on any atom is 0.350 e. The van der Waals surface area contributed by atoms with Crippen molar-refractivity contribution in [3.8, 4) is 11.5 Å². The van der Waals surface area contributed by atoms with E-state index in [1.54, 1.807) is 13.8 Å². The van der Waals surface area contributed by atoms with Crippen LogP contribution in [0.1, 0.15) is 19.4 Å². The van der Waals surface area contributed by atoms with Gasteiger partial charge in [0.15, 0.2) is 11.5 Å². The van der Waals surface area contributed by atoms with E-state index in [0.29, 0.717) is 5.56 Å². The Hall–Kier alpha value is -2.33. The Bertz CT molecular complexity index is 731. The third kappa shape index (κ3) is 6.98. The highest BCUT2D eigenvalue weighted by atomic mass is 32.2. The van der Waals surface area contributed by atoms with Gasteiger partial charge in [-0.2, -0.15) is 5.48 Å². The Balaban J connectivity index is 2.64. The van der Waals surface area contributed by atoms with Crippen molar-refractivity contribution < 1.29 is 32.7 Å². The quantitative estimate of drug-likeness (QED) is 0.577. The number of phenols is 1. The van der Waals surface area contributed by atoms with Gasteiger partial charge in [0.2, 0.25) is 10.0 Å². The molecule has 3 N–H and O–H groups in total. The molecule has 25 heavy (non-hydrogen) atoms. The third-order valence-corrected chi connectivity index (χ3v) is 3.82. The number of hydroxylamine groups is 1. The first kappa shape index (κ1) is 20.7. The highest BCUT2D eigenvalue weighted by Crippen LogP contribution is 2.26. The zero-order chi connectivity index (χ0) is 19.2. The van der Waals surface area contributed by atoms with Crippen molar-refractivity contribution in [2.24, 2.45) is 5.92 Å². The van der Waals surface area contributed by atoms with Gasteiger partial charge in [0, 0.05) is 0 Å². The van der Waals surface area contributed by atoms with Crippen LogP contribution in [0, 0.1) is 5.92 Å². The van der Waals surface area contributed by atoms with Gasteiger partial charge in [0.05, 0.1) is 19.8 Å². The van der Waals surface area contributed by atoms with Crippen LogP contribution >= 0.6 is 0 Å². The molecule has 1 atom stereocenters. The van der Waals surface area contributed by atoms with Gasteiger partial charge in [-0.05, 0) is 23.6 Å². The Kier molecular flexibility index (Phi) is 7.19. The number of ether oxygens (including phenoxy) is 1. The zero-order valence-corrected chi connectivity index (χ0v) is 15.2. The first-order valence-electron chi connectivity index (χ1n) is 7.36. The Morgan fingerprint density at radius 3 is 2.44 bits per heavy atom. The fraction of sp³-hybridized carbons (Fsp3) is 0.467. The van der Waals surface area contributed by atoms with Gasteiger partial charge in [-0.15, -0.1) is 0 Å². The van der Waals surface area contributed by atoms with Crippen molar-refractivity contribution >= 4 is 21.9 Å². The number of methoxy groups -OCH3 is 1. The molecule has 9 nitrogen and oxygen atoms in total. The molecule has 0 fully saturated rings. The first-order valence-corrected chi connectivity index (χ1v) is 9.25. The maximum atomic E-state index is 11.9. The molecule has 0 spiro atoms. The fourth-order valence-electron chi connectivity index (χ4n) is 1.91. The first-order chi connectivity index (χ1) is 11.5. The summed E-state index contributed by atoms with van der Waals surface area (Å²) in [6, 6.07) is 3.24. The number of aromatic hydroxyl groups is 1. The minimum absolute atomic E-state index is 0.0651. The third-order valence-electron chi connectivity index (χ3n) is 3.14. The van der Waals surface area contributed by atoms with Crippen LogP contribution in [0.5, 0.6) is 11.5 Å². The topological polar surface area (TPSA) is 131 Å². The number of carbonyl (C=O) groups is 2. The average Bonchev–Trinajstić information content (AvgIpc) is 2.51. The van der Waals surface area contributed by atoms with Crippen LogP contribution in [0.3, 0.4) is 0 Å². The predicted molar refractivity (Wildman–Crippen MR) is 89.2 cm³/mol. The summed E-state index contributed by atoms with van der Waals surface area (Å²) in [5, 5.41) is 9.50. The second kappa shape index (κ2) is 8.67. The summed E-state index contributed by atoms with van der Waals surface area (Å²) in [4.78, 5) is 28.5. The average molecular weight is 374 g/mol. The minimum Gasteiger partial charge on any atom is -0.504 e. The van der Waals surface area contributed by atoms with Crippen molar-refractivity contribution in [2.45, 2.75) is 26.3 Å². The summed E-state index contributed by atoms with van der Waals surface area (Å²) >= 11 is 0. The van der Waals surface area contributed by atoms with Gasteiger partial charge >= 0.3 is 5.97 Å². The number of phenolic OH excluding ortho intramolecular Hbond substituents is 1. The molecule has 1 aromatic rings. The molecule has 10 heteroatoms. The highest BCUT2D eigenvalue weighted by Gasteiger charge is 2.27. The van der Waals surface area contributed by atoms with Crippen molar-refractivity contribution in [3.63, 3.8) is 0 Å². The molecule has 1 rings (SSSR count). The number of rotatable bonds is 7. The van der Waals surface area contributed by atoms with E-state index in [2.05, 4.69) is 9.56 Å². The van der Waals surface area contributed by atoms with E-state index < -0.39 is 27.9 Å². The van der Waals surface area contributed by atoms with Crippen LogP contribution < -0.4 is 14.9 Å². The van der Waals surface area contributed by atoms with E-state index >= 15 is 0 Å². The van der Waals surface area contributed by atoms with Crippen LogP contribution in [-0.4, -0.2) is 44.8 Å². The number of benzene rings is 1. The lowest BCUT2D eigenvalue weighted by Crippen LogP contribution is -2.47. The van der Waals surface area contributed by atoms with E-state index in [1.165, 1.54) is 25.3 Å². The normalized spacial score (nSPS) is 12.5. The van der Waals surface area contributed by atoms with E-state index in [1.807, 2.05) is 5.48 Å². The van der Waals surface area contributed by atoms with Gasteiger partial charge in [0.1, 0.15) is 6.04 Å². The number of nitrogens with one attached hydrogen (secondary N) is 2. The van der Waals surface area contributed by atoms with Crippen LogP contribution in [-0.2, 0) is 30.9 Å². The van der Waals surface area contributed by atoms with Crippen LogP contribution in [0.2, 0.25) is 0 Å². The lowest BCUT2D eigenvalue weighted by Gasteiger charge is -2.19. The van der Waals surface area contributed by atoms with Gasteiger partial charge in [-0.25, -0.2) is 17.9 Å². The van der Waals surface area contributed by atoms with Crippen LogP contribution in [0.4, 0.5) is 0 Å².